The van der Waals surface area contributed by atoms with Crippen molar-refractivity contribution in [2.45, 2.75) is 12.7 Å². The molecule has 0 saturated carbocycles. The molecule has 0 spiro atoms. The first-order valence-corrected chi connectivity index (χ1v) is 6.71. The summed E-state index contributed by atoms with van der Waals surface area (Å²) < 4.78 is 38.2. The van der Waals surface area contributed by atoms with E-state index < -0.39 is 11.7 Å². The zero-order chi connectivity index (χ0) is 14.0. The van der Waals surface area contributed by atoms with Crippen LogP contribution in [0.25, 0.3) is 10.4 Å². The standard InChI is InChI=1S/C13H11ClF3NS/c1-18-7-11-2-3-12(19-11)8-4-9(13(15,16)17)6-10(14)5-8/h2-6,18H,7H2,1H3. The van der Waals surface area contributed by atoms with Gasteiger partial charge in [-0.15, -0.1) is 11.3 Å². The Balaban J connectivity index is 2.41. The van der Waals surface area contributed by atoms with Gasteiger partial charge in [0.1, 0.15) is 0 Å². The van der Waals surface area contributed by atoms with Crippen molar-refractivity contribution in [1.82, 2.24) is 5.32 Å². The minimum absolute atomic E-state index is 0.0911. The summed E-state index contributed by atoms with van der Waals surface area (Å²) in [5, 5.41) is 3.09. The monoisotopic (exact) mass is 305 g/mol. The fraction of sp³-hybridized carbons (Fsp3) is 0.231. The molecule has 2 aromatic rings. The third-order valence-corrected chi connectivity index (χ3v) is 3.87. The molecule has 0 aliphatic carbocycles. The molecule has 6 heteroatoms. The summed E-state index contributed by atoms with van der Waals surface area (Å²) in [5.41, 5.74) is -0.231. The van der Waals surface area contributed by atoms with Gasteiger partial charge in [-0.1, -0.05) is 11.6 Å². The first kappa shape index (κ1) is 14.4. The van der Waals surface area contributed by atoms with E-state index in [0.29, 0.717) is 12.1 Å². The van der Waals surface area contributed by atoms with Gasteiger partial charge in [-0.25, -0.2) is 0 Å². The SMILES string of the molecule is CNCc1ccc(-c2cc(Cl)cc(C(F)(F)F)c2)s1. The summed E-state index contributed by atoms with van der Waals surface area (Å²) in [5.74, 6) is 0. The molecule has 0 aliphatic heterocycles. The maximum Gasteiger partial charge on any atom is 0.416 e. The van der Waals surface area contributed by atoms with E-state index in [9.17, 15) is 13.2 Å². The number of alkyl halides is 3. The molecule has 1 aromatic carbocycles. The summed E-state index contributed by atoms with van der Waals surface area (Å²) in [6, 6.07) is 7.31. The van der Waals surface area contributed by atoms with Crippen LogP contribution in [0.1, 0.15) is 10.4 Å². The van der Waals surface area contributed by atoms with E-state index in [0.717, 1.165) is 21.9 Å². The van der Waals surface area contributed by atoms with Crippen molar-refractivity contribution in [3.63, 3.8) is 0 Å². The van der Waals surface area contributed by atoms with Crippen LogP contribution < -0.4 is 5.32 Å². The molecule has 0 amide bonds. The molecule has 0 bridgehead atoms. The average Bonchev–Trinajstić information content (AvgIpc) is 2.76. The molecule has 0 saturated heterocycles. The normalized spacial score (nSPS) is 11.8. The molecular weight excluding hydrogens is 295 g/mol. The molecule has 19 heavy (non-hydrogen) atoms. The highest BCUT2D eigenvalue weighted by Gasteiger charge is 2.31. The first-order valence-electron chi connectivity index (χ1n) is 5.51. The Kier molecular flexibility index (Phi) is 4.18. The number of halogens is 4. The number of benzene rings is 1. The maximum atomic E-state index is 12.7. The molecule has 0 unspecified atom stereocenters. The number of hydrogen-bond donors (Lipinski definition) is 1. The van der Waals surface area contributed by atoms with Crippen LogP contribution in [0.4, 0.5) is 13.2 Å². The van der Waals surface area contributed by atoms with E-state index in [4.69, 9.17) is 11.6 Å². The predicted octanol–water partition coefficient (Wildman–Crippen LogP) is 4.81. The largest absolute Gasteiger partial charge is 0.416 e. The Morgan fingerprint density at radius 2 is 1.95 bits per heavy atom. The molecule has 1 heterocycles. The lowest BCUT2D eigenvalue weighted by Gasteiger charge is -2.09. The Bertz CT molecular complexity index is 578. The van der Waals surface area contributed by atoms with Crippen LogP contribution in [0.3, 0.4) is 0 Å². The highest BCUT2D eigenvalue weighted by Crippen LogP contribution is 2.36. The molecule has 1 N–H and O–H groups in total. The zero-order valence-electron chi connectivity index (χ0n) is 10.0. The van der Waals surface area contributed by atoms with E-state index in [1.807, 2.05) is 19.2 Å². The Morgan fingerprint density at radius 3 is 2.58 bits per heavy atom. The number of hydrogen-bond acceptors (Lipinski definition) is 2. The molecule has 0 aliphatic rings. The molecule has 0 atom stereocenters. The van der Waals surface area contributed by atoms with E-state index in [2.05, 4.69) is 5.32 Å². The van der Waals surface area contributed by atoms with Crippen LogP contribution in [0.15, 0.2) is 30.3 Å². The van der Waals surface area contributed by atoms with Crippen molar-refractivity contribution in [3.05, 3.63) is 45.8 Å². The summed E-state index contributed by atoms with van der Waals surface area (Å²) in [6.45, 7) is 0.692. The van der Waals surface area contributed by atoms with Crippen LogP contribution >= 0.6 is 22.9 Å². The van der Waals surface area contributed by atoms with Crippen LogP contribution in [0, 0.1) is 0 Å². The molecule has 1 aromatic heterocycles. The smallest absolute Gasteiger partial charge is 0.315 e. The third-order valence-electron chi connectivity index (χ3n) is 2.52. The molecular formula is C13H11ClF3NS. The predicted molar refractivity (Wildman–Crippen MR) is 72.5 cm³/mol. The Hall–Kier alpha value is -1.04. The Morgan fingerprint density at radius 1 is 1.21 bits per heavy atom. The van der Waals surface area contributed by atoms with Crippen LogP contribution in [0.2, 0.25) is 5.02 Å². The van der Waals surface area contributed by atoms with Crippen molar-refractivity contribution in [3.8, 4) is 10.4 Å². The minimum atomic E-state index is -4.38. The lowest BCUT2D eigenvalue weighted by atomic mass is 10.1. The fourth-order valence-electron chi connectivity index (χ4n) is 1.70. The summed E-state index contributed by atoms with van der Waals surface area (Å²) in [4.78, 5) is 1.84. The average molecular weight is 306 g/mol. The summed E-state index contributed by atoms with van der Waals surface area (Å²) >= 11 is 7.22. The van der Waals surface area contributed by atoms with Crippen LogP contribution in [-0.2, 0) is 12.7 Å². The van der Waals surface area contributed by atoms with Crippen molar-refractivity contribution >= 4 is 22.9 Å². The van der Waals surface area contributed by atoms with Crippen molar-refractivity contribution in [2.75, 3.05) is 7.05 Å². The second-order valence-electron chi connectivity index (χ2n) is 4.02. The Labute approximate surface area is 118 Å². The highest BCUT2D eigenvalue weighted by molar-refractivity contribution is 7.15. The molecule has 102 valence electrons. The fourth-order valence-corrected chi connectivity index (χ4v) is 2.94. The van der Waals surface area contributed by atoms with Crippen LogP contribution in [-0.4, -0.2) is 7.05 Å². The van der Waals surface area contributed by atoms with Gasteiger partial charge in [0.25, 0.3) is 0 Å². The van der Waals surface area contributed by atoms with E-state index in [1.165, 1.54) is 11.3 Å². The molecule has 0 fully saturated rings. The van der Waals surface area contributed by atoms with Gasteiger partial charge in [-0.3, -0.25) is 0 Å². The van der Waals surface area contributed by atoms with E-state index in [-0.39, 0.29) is 5.02 Å². The lowest BCUT2D eigenvalue weighted by Crippen LogP contribution is -2.04. The maximum absolute atomic E-state index is 12.7. The minimum Gasteiger partial charge on any atom is -0.315 e. The molecule has 2 rings (SSSR count). The van der Waals surface area contributed by atoms with Gasteiger partial charge in [-0.05, 0) is 42.9 Å². The van der Waals surface area contributed by atoms with E-state index >= 15 is 0 Å². The lowest BCUT2D eigenvalue weighted by molar-refractivity contribution is -0.137. The number of thiophene rings is 1. The highest BCUT2D eigenvalue weighted by atomic mass is 35.5. The second kappa shape index (κ2) is 5.53. The third kappa shape index (κ3) is 3.49. The second-order valence-corrected chi connectivity index (χ2v) is 5.63. The van der Waals surface area contributed by atoms with Gasteiger partial charge in [0, 0.05) is 21.3 Å². The van der Waals surface area contributed by atoms with Gasteiger partial charge in [-0.2, -0.15) is 13.2 Å². The summed E-state index contributed by atoms with van der Waals surface area (Å²) in [6.07, 6.45) is -4.38. The van der Waals surface area contributed by atoms with E-state index in [1.54, 1.807) is 6.07 Å². The van der Waals surface area contributed by atoms with Gasteiger partial charge in [0.15, 0.2) is 0 Å². The van der Waals surface area contributed by atoms with Crippen molar-refractivity contribution in [2.24, 2.45) is 0 Å². The van der Waals surface area contributed by atoms with Crippen molar-refractivity contribution < 1.29 is 13.2 Å². The quantitative estimate of drug-likeness (QED) is 0.858. The van der Waals surface area contributed by atoms with Crippen molar-refractivity contribution in [1.29, 1.82) is 0 Å². The summed E-state index contributed by atoms with van der Waals surface area (Å²) in [7, 11) is 1.82. The van der Waals surface area contributed by atoms with Gasteiger partial charge >= 0.3 is 6.18 Å². The zero-order valence-corrected chi connectivity index (χ0v) is 11.6. The first-order chi connectivity index (χ1) is 8.90. The molecule has 0 radical (unpaired) electrons. The van der Waals surface area contributed by atoms with Gasteiger partial charge in [0.2, 0.25) is 0 Å². The van der Waals surface area contributed by atoms with Crippen LogP contribution in [0.5, 0.6) is 0 Å². The number of rotatable bonds is 3. The van der Waals surface area contributed by atoms with Gasteiger partial charge in [0.05, 0.1) is 5.56 Å². The topological polar surface area (TPSA) is 12.0 Å². The van der Waals surface area contributed by atoms with Gasteiger partial charge < -0.3 is 5.32 Å². The molecule has 1 nitrogen and oxygen atoms in total. The number of nitrogens with one attached hydrogen (secondary N) is 1.